The summed E-state index contributed by atoms with van der Waals surface area (Å²) in [5.74, 6) is -1.62. The fraction of sp³-hybridized carbons (Fsp3) is 0.474. The van der Waals surface area contributed by atoms with Gasteiger partial charge in [-0.05, 0) is 24.5 Å². The number of fused-ring (bicyclic) bond motifs is 2. The molecular weight excluding hydrogens is 332 g/mol. The van der Waals surface area contributed by atoms with E-state index in [1.54, 1.807) is 6.07 Å². The van der Waals surface area contributed by atoms with Crippen LogP contribution in [0.3, 0.4) is 0 Å². The van der Waals surface area contributed by atoms with E-state index < -0.39 is 23.3 Å². The second-order valence-corrected chi connectivity index (χ2v) is 7.32. The number of hydrogen-bond donors (Lipinski definition) is 2. The van der Waals surface area contributed by atoms with Crippen LogP contribution in [-0.2, 0) is 19.8 Å². The number of likely N-dealkylation sites (tertiary alicyclic amines) is 1. The Morgan fingerprint density at radius 2 is 2.00 bits per heavy atom. The smallest absolute Gasteiger partial charge is 0.313 e. The fourth-order valence-electron chi connectivity index (χ4n) is 4.42. The standard InChI is InChI=1S/C19H20N4O3/c20-10-13-9-19(14-7-3-4-8-15(14)22-18(19)26)11-23(13)17(25)16(24)21-12-5-1-2-6-12/h3-4,7-8,12-13H,1-2,5-6,9,11H2,(H,21,24)(H,22,26)/t13-,19-/m0/s1. The number of benzene rings is 1. The minimum absolute atomic E-state index is 0.0269. The van der Waals surface area contributed by atoms with Gasteiger partial charge in [-0.25, -0.2) is 0 Å². The Hall–Kier alpha value is -2.88. The number of nitriles is 1. The van der Waals surface area contributed by atoms with Gasteiger partial charge in [0.1, 0.15) is 6.04 Å². The topological polar surface area (TPSA) is 102 Å². The van der Waals surface area contributed by atoms with E-state index in [0.717, 1.165) is 31.2 Å². The van der Waals surface area contributed by atoms with Crippen molar-refractivity contribution in [2.45, 2.75) is 49.6 Å². The predicted molar refractivity (Wildman–Crippen MR) is 92.9 cm³/mol. The molecule has 26 heavy (non-hydrogen) atoms. The van der Waals surface area contributed by atoms with Crippen molar-refractivity contribution in [1.82, 2.24) is 10.2 Å². The van der Waals surface area contributed by atoms with Crippen LogP contribution in [0.2, 0.25) is 0 Å². The van der Waals surface area contributed by atoms with Crippen LogP contribution in [0.5, 0.6) is 0 Å². The Morgan fingerprint density at radius 1 is 1.27 bits per heavy atom. The first-order chi connectivity index (χ1) is 12.5. The third kappa shape index (κ3) is 2.45. The van der Waals surface area contributed by atoms with Crippen molar-refractivity contribution >= 4 is 23.4 Å². The van der Waals surface area contributed by atoms with Gasteiger partial charge in [0.05, 0.1) is 11.5 Å². The highest BCUT2D eigenvalue weighted by molar-refractivity contribution is 6.35. The molecule has 7 heteroatoms. The van der Waals surface area contributed by atoms with Gasteiger partial charge >= 0.3 is 11.8 Å². The lowest BCUT2D eigenvalue weighted by atomic mass is 9.80. The van der Waals surface area contributed by atoms with E-state index in [4.69, 9.17) is 0 Å². The molecule has 1 aromatic carbocycles. The van der Waals surface area contributed by atoms with Crippen molar-refractivity contribution in [3.63, 3.8) is 0 Å². The van der Waals surface area contributed by atoms with E-state index in [-0.39, 0.29) is 24.9 Å². The van der Waals surface area contributed by atoms with Crippen LogP contribution in [0.15, 0.2) is 24.3 Å². The molecule has 2 aliphatic heterocycles. The molecule has 2 fully saturated rings. The third-order valence-corrected chi connectivity index (χ3v) is 5.78. The van der Waals surface area contributed by atoms with Crippen LogP contribution in [0.4, 0.5) is 5.69 Å². The average Bonchev–Trinajstić information content (AvgIpc) is 3.34. The lowest BCUT2D eigenvalue weighted by molar-refractivity contribution is -0.146. The lowest BCUT2D eigenvalue weighted by Gasteiger charge is -2.23. The molecule has 7 nitrogen and oxygen atoms in total. The van der Waals surface area contributed by atoms with Gasteiger partial charge in [0.15, 0.2) is 0 Å². The van der Waals surface area contributed by atoms with Crippen molar-refractivity contribution in [1.29, 1.82) is 5.26 Å². The van der Waals surface area contributed by atoms with Gasteiger partial charge in [-0.15, -0.1) is 0 Å². The summed E-state index contributed by atoms with van der Waals surface area (Å²) in [5.41, 5.74) is 0.538. The Kier molecular flexibility index (Phi) is 3.91. The SMILES string of the molecule is N#C[C@@H]1C[C@@]2(CN1C(=O)C(=O)NC1CCCC1)C(=O)Nc1ccccc12. The van der Waals surface area contributed by atoms with Crippen molar-refractivity contribution in [3.8, 4) is 6.07 Å². The van der Waals surface area contributed by atoms with Gasteiger partial charge in [0.2, 0.25) is 5.91 Å². The van der Waals surface area contributed by atoms with E-state index in [1.807, 2.05) is 18.2 Å². The van der Waals surface area contributed by atoms with Crippen LogP contribution in [0.1, 0.15) is 37.7 Å². The molecule has 0 aromatic heterocycles. The largest absolute Gasteiger partial charge is 0.345 e. The van der Waals surface area contributed by atoms with E-state index >= 15 is 0 Å². The average molecular weight is 352 g/mol. The van der Waals surface area contributed by atoms with E-state index in [1.165, 1.54) is 4.90 Å². The number of anilines is 1. The van der Waals surface area contributed by atoms with Crippen LogP contribution in [0.25, 0.3) is 0 Å². The Balaban J connectivity index is 1.58. The molecule has 134 valence electrons. The molecule has 2 N–H and O–H groups in total. The minimum Gasteiger partial charge on any atom is -0.345 e. The molecule has 1 aromatic rings. The second kappa shape index (κ2) is 6.13. The highest BCUT2D eigenvalue weighted by Gasteiger charge is 2.56. The van der Waals surface area contributed by atoms with Gasteiger partial charge in [-0.1, -0.05) is 31.0 Å². The highest BCUT2D eigenvalue weighted by atomic mass is 16.2. The monoisotopic (exact) mass is 352 g/mol. The van der Waals surface area contributed by atoms with Crippen molar-refractivity contribution in [2.75, 3.05) is 11.9 Å². The van der Waals surface area contributed by atoms with Crippen molar-refractivity contribution in [2.24, 2.45) is 0 Å². The molecule has 2 atom stereocenters. The third-order valence-electron chi connectivity index (χ3n) is 5.78. The van der Waals surface area contributed by atoms with Crippen LogP contribution in [0, 0.1) is 11.3 Å². The lowest BCUT2D eigenvalue weighted by Crippen LogP contribution is -2.48. The van der Waals surface area contributed by atoms with Gasteiger partial charge in [-0.2, -0.15) is 5.26 Å². The predicted octanol–water partition coefficient (Wildman–Crippen LogP) is 1.06. The van der Waals surface area contributed by atoms with E-state index in [9.17, 15) is 19.6 Å². The van der Waals surface area contributed by atoms with Crippen molar-refractivity contribution < 1.29 is 14.4 Å². The van der Waals surface area contributed by atoms with Gasteiger partial charge in [-0.3, -0.25) is 14.4 Å². The number of rotatable bonds is 1. The van der Waals surface area contributed by atoms with E-state index in [0.29, 0.717) is 5.69 Å². The molecule has 1 spiro atoms. The van der Waals surface area contributed by atoms with Crippen LogP contribution < -0.4 is 10.6 Å². The molecule has 1 aliphatic carbocycles. The van der Waals surface area contributed by atoms with Crippen LogP contribution in [-0.4, -0.2) is 41.2 Å². The number of nitrogens with one attached hydrogen (secondary N) is 2. The van der Waals surface area contributed by atoms with Crippen molar-refractivity contribution in [3.05, 3.63) is 29.8 Å². The molecular formula is C19H20N4O3. The number of para-hydroxylation sites is 1. The highest BCUT2D eigenvalue weighted by Crippen LogP contribution is 2.46. The maximum Gasteiger partial charge on any atom is 0.313 e. The maximum atomic E-state index is 12.7. The molecule has 2 heterocycles. The molecule has 4 rings (SSSR count). The molecule has 3 amide bonds. The number of amides is 3. The zero-order chi connectivity index (χ0) is 18.3. The first-order valence-electron chi connectivity index (χ1n) is 8.97. The summed E-state index contributed by atoms with van der Waals surface area (Å²) in [6, 6.07) is 8.63. The first-order valence-corrected chi connectivity index (χ1v) is 8.97. The quantitative estimate of drug-likeness (QED) is 0.738. The molecule has 0 unspecified atom stereocenters. The molecule has 0 bridgehead atoms. The Bertz CT molecular complexity index is 824. The summed E-state index contributed by atoms with van der Waals surface area (Å²) in [5, 5.41) is 15.1. The van der Waals surface area contributed by atoms with Crippen LogP contribution >= 0.6 is 0 Å². The summed E-state index contributed by atoms with van der Waals surface area (Å²) in [6.07, 6.45) is 4.04. The molecule has 1 saturated carbocycles. The number of carbonyl (C=O) groups is 3. The zero-order valence-electron chi connectivity index (χ0n) is 14.3. The molecule has 3 aliphatic rings. The normalized spacial score (nSPS) is 27.3. The number of hydrogen-bond acceptors (Lipinski definition) is 4. The van der Waals surface area contributed by atoms with Gasteiger partial charge < -0.3 is 15.5 Å². The molecule has 0 radical (unpaired) electrons. The molecule has 1 saturated heterocycles. The fourth-order valence-corrected chi connectivity index (χ4v) is 4.42. The van der Waals surface area contributed by atoms with Gasteiger partial charge in [0.25, 0.3) is 0 Å². The summed E-state index contributed by atoms with van der Waals surface area (Å²) in [4.78, 5) is 39.0. The number of carbonyl (C=O) groups excluding carboxylic acids is 3. The summed E-state index contributed by atoms with van der Waals surface area (Å²) in [7, 11) is 0. The summed E-state index contributed by atoms with van der Waals surface area (Å²) in [6.45, 7) is 0.0466. The minimum atomic E-state index is -0.958. The Labute approximate surface area is 151 Å². The maximum absolute atomic E-state index is 12.7. The van der Waals surface area contributed by atoms with E-state index in [2.05, 4.69) is 16.7 Å². The second-order valence-electron chi connectivity index (χ2n) is 7.32. The number of nitrogens with zero attached hydrogens (tertiary/aromatic N) is 2. The zero-order valence-corrected chi connectivity index (χ0v) is 14.3. The van der Waals surface area contributed by atoms with Gasteiger partial charge in [0, 0.05) is 24.7 Å². The summed E-state index contributed by atoms with van der Waals surface area (Å²) < 4.78 is 0. The summed E-state index contributed by atoms with van der Waals surface area (Å²) >= 11 is 0. The first kappa shape index (κ1) is 16.6. The Morgan fingerprint density at radius 3 is 2.73 bits per heavy atom.